The number of halogens is 1. The number of fused-ring (bicyclic) bond motifs is 1. The van der Waals surface area contributed by atoms with Crippen molar-refractivity contribution in [3.63, 3.8) is 0 Å². The summed E-state index contributed by atoms with van der Waals surface area (Å²) in [7, 11) is 0. The summed E-state index contributed by atoms with van der Waals surface area (Å²) >= 11 is 7.65. The number of ether oxygens (including phenoxy) is 1. The molecule has 156 valence electrons. The number of thiophene rings is 1. The Labute approximate surface area is 181 Å². The van der Waals surface area contributed by atoms with E-state index in [1.165, 1.54) is 11.3 Å². The summed E-state index contributed by atoms with van der Waals surface area (Å²) in [5, 5.41) is 6.71. The molecule has 1 fully saturated rings. The highest BCUT2D eigenvalue weighted by atomic mass is 35.5. The first-order valence-electron chi connectivity index (χ1n) is 9.45. The van der Waals surface area contributed by atoms with Gasteiger partial charge in [0, 0.05) is 29.4 Å². The lowest BCUT2D eigenvalue weighted by Gasteiger charge is -2.10. The number of hydrogen-bond acceptors (Lipinski definition) is 7. The van der Waals surface area contributed by atoms with Crippen LogP contribution in [-0.2, 0) is 0 Å². The lowest BCUT2D eigenvalue weighted by Crippen LogP contribution is -2.28. The van der Waals surface area contributed by atoms with E-state index in [2.05, 4.69) is 20.6 Å². The van der Waals surface area contributed by atoms with E-state index in [-0.39, 0.29) is 36.9 Å². The smallest absolute Gasteiger partial charge is 0.263 e. The number of nitrogens with two attached hydrogens (primary N) is 1. The lowest BCUT2D eigenvalue weighted by atomic mass is 10.1. The molecule has 4 N–H and O–H groups in total. The van der Waals surface area contributed by atoms with Crippen molar-refractivity contribution in [1.82, 2.24) is 20.6 Å². The third kappa shape index (κ3) is 4.17. The average molecular weight is 446 g/mol. The molecule has 0 aliphatic heterocycles. The maximum atomic E-state index is 12.4. The molecule has 0 aromatic carbocycles. The number of carbonyl (C=O) groups excluding carboxylic acids is 2. The molecular weight excluding hydrogens is 426 g/mol. The summed E-state index contributed by atoms with van der Waals surface area (Å²) in [6.45, 7) is 2.28. The summed E-state index contributed by atoms with van der Waals surface area (Å²) in [6.07, 6.45) is 5.10. The van der Waals surface area contributed by atoms with Gasteiger partial charge in [-0.2, -0.15) is 0 Å². The van der Waals surface area contributed by atoms with Crippen LogP contribution >= 0.6 is 22.9 Å². The molecule has 1 saturated carbocycles. The van der Waals surface area contributed by atoms with E-state index in [4.69, 9.17) is 22.1 Å². The Morgan fingerprint density at radius 1 is 1.30 bits per heavy atom. The Kier molecular flexibility index (Phi) is 5.74. The van der Waals surface area contributed by atoms with Gasteiger partial charge in [0.1, 0.15) is 21.3 Å². The number of amides is 2. The molecule has 2 amide bonds. The molecule has 3 heterocycles. The van der Waals surface area contributed by atoms with E-state index < -0.39 is 0 Å². The molecule has 4 rings (SSSR count). The number of nitrogens with zero attached hydrogens (tertiary/aromatic N) is 2. The van der Waals surface area contributed by atoms with Crippen molar-refractivity contribution in [1.29, 1.82) is 0 Å². The monoisotopic (exact) mass is 445 g/mol. The highest BCUT2D eigenvalue weighted by Gasteiger charge is 2.27. The predicted octanol–water partition coefficient (Wildman–Crippen LogP) is 2.94. The maximum absolute atomic E-state index is 12.4. The van der Waals surface area contributed by atoms with E-state index in [1.807, 2.05) is 6.92 Å². The number of nitrogen functional groups attached to an aromatic ring is 1. The Morgan fingerprint density at radius 3 is 2.73 bits per heavy atom. The molecule has 0 saturated heterocycles. The van der Waals surface area contributed by atoms with Gasteiger partial charge in [-0.1, -0.05) is 11.6 Å². The maximum Gasteiger partial charge on any atom is 0.263 e. The normalized spacial score (nSPS) is 13.3. The predicted molar refractivity (Wildman–Crippen MR) is 116 cm³/mol. The molecule has 0 bridgehead atoms. The van der Waals surface area contributed by atoms with Crippen LogP contribution < -0.4 is 21.1 Å². The van der Waals surface area contributed by atoms with Crippen LogP contribution in [0.1, 0.15) is 38.4 Å². The van der Waals surface area contributed by atoms with E-state index in [0.717, 1.165) is 12.8 Å². The Hall–Kier alpha value is -2.91. The van der Waals surface area contributed by atoms with Gasteiger partial charge in [-0.25, -0.2) is 4.98 Å². The van der Waals surface area contributed by atoms with E-state index in [9.17, 15) is 9.59 Å². The van der Waals surface area contributed by atoms with Crippen molar-refractivity contribution in [3.8, 4) is 5.88 Å². The fraction of sp³-hybridized carbons (Fsp3) is 0.300. The number of anilines is 1. The third-order valence-electron chi connectivity index (χ3n) is 4.71. The summed E-state index contributed by atoms with van der Waals surface area (Å²) in [4.78, 5) is 33.9. The minimum absolute atomic E-state index is 0.185. The first-order chi connectivity index (χ1) is 14.5. The molecule has 1 aliphatic rings. The molecule has 0 spiro atoms. The molecule has 3 aromatic rings. The van der Waals surface area contributed by atoms with E-state index in [1.54, 1.807) is 24.5 Å². The molecular formula is C20H20ClN5O3S. The van der Waals surface area contributed by atoms with Gasteiger partial charge in [0.15, 0.2) is 0 Å². The Morgan fingerprint density at radius 2 is 2.03 bits per heavy atom. The average Bonchev–Trinajstić information content (AvgIpc) is 3.50. The molecule has 0 radical (unpaired) electrons. The molecule has 8 nitrogen and oxygen atoms in total. The number of pyridine rings is 2. The fourth-order valence-corrected chi connectivity index (χ4v) is 4.19. The minimum Gasteiger partial charge on any atom is -0.475 e. The zero-order valence-corrected chi connectivity index (χ0v) is 17.8. The summed E-state index contributed by atoms with van der Waals surface area (Å²) in [5.74, 6) is -0.158. The summed E-state index contributed by atoms with van der Waals surface area (Å²) in [6, 6.07) is 3.50. The summed E-state index contributed by atoms with van der Waals surface area (Å²) < 4.78 is 5.69. The van der Waals surface area contributed by atoms with Gasteiger partial charge >= 0.3 is 0 Å². The standard InChI is InChI=1S/C20H20ClN5O3S/c1-10-13-15(22)16(18(28)25-12-2-3-12)30-20(13)26-19(14(10)21)29-9-8-24-17(27)11-4-6-23-7-5-11/h4-7,12H,2-3,8-9,22H2,1H3,(H,24,27)(H,25,28). The highest BCUT2D eigenvalue weighted by Crippen LogP contribution is 2.40. The van der Waals surface area contributed by atoms with Crippen LogP contribution in [0.25, 0.3) is 10.2 Å². The van der Waals surface area contributed by atoms with Crippen molar-refractivity contribution in [2.75, 3.05) is 18.9 Å². The first kappa shape index (κ1) is 20.4. The van der Waals surface area contributed by atoms with Gasteiger partial charge in [-0.05, 0) is 37.5 Å². The minimum atomic E-state index is -0.218. The molecule has 3 aromatic heterocycles. The summed E-state index contributed by atoms with van der Waals surface area (Å²) in [5.41, 5.74) is 7.83. The van der Waals surface area contributed by atoms with Gasteiger partial charge < -0.3 is 21.1 Å². The zero-order valence-electron chi connectivity index (χ0n) is 16.2. The van der Waals surface area contributed by atoms with Crippen LogP contribution in [0, 0.1) is 6.92 Å². The number of nitrogens with one attached hydrogen (secondary N) is 2. The highest BCUT2D eigenvalue weighted by molar-refractivity contribution is 7.21. The second-order valence-corrected chi connectivity index (χ2v) is 8.35. The molecule has 10 heteroatoms. The van der Waals surface area contributed by atoms with Crippen LogP contribution in [0.5, 0.6) is 5.88 Å². The SMILES string of the molecule is Cc1c(Cl)c(OCCNC(=O)c2ccncc2)nc2sc(C(=O)NC3CC3)c(N)c12. The van der Waals surface area contributed by atoms with Crippen LogP contribution in [-0.4, -0.2) is 41.0 Å². The van der Waals surface area contributed by atoms with Crippen LogP contribution in [0.2, 0.25) is 5.02 Å². The van der Waals surface area contributed by atoms with Gasteiger partial charge in [0.25, 0.3) is 11.8 Å². The lowest BCUT2D eigenvalue weighted by molar-refractivity contribution is 0.0942. The van der Waals surface area contributed by atoms with Crippen molar-refractivity contribution in [2.45, 2.75) is 25.8 Å². The Balaban J connectivity index is 1.45. The fourth-order valence-electron chi connectivity index (χ4n) is 2.94. The van der Waals surface area contributed by atoms with Gasteiger partial charge in [-0.15, -0.1) is 11.3 Å². The molecule has 1 aliphatic carbocycles. The van der Waals surface area contributed by atoms with Crippen LogP contribution in [0.3, 0.4) is 0 Å². The zero-order chi connectivity index (χ0) is 21.3. The third-order valence-corrected chi connectivity index (χ3v) is 6.25. The van der Waals surface area contributed by atoms with E-state index >= 15 is 0 Å². The topological polar surface area (TPSA) is 119 Å². The van der Waals surface area contributed by atoms with Gasteiger partial charge in [-0.3, -0.25) is 14.6 Å². The van der Waals surface area contributed by atoms with Crippen LogP contribution in [0.4, 0.5) is 5.69 Å². The van der Waals surface area contributed by atoms with Gasteiger partial charge in [0.2, 0.25) is 5.88 Å². The van der Waals surface area contributed by atoms with Crippen molar-refractivity contribution in [3.05, 3.63) is 45.6 Å². The largest absolute Gasteiger partial charge is 0.475 e. The number of aryl methyl sites for hydroxylation is 1. The first-order valence-corrected chi connectivity index (χ1v) is 10.6. The Bertz CT molecular complexity index is 1110. The molecule has 0 atom stereocenters. The van der Waals surface area contributed by atoms with Crippen LogP contribution in [0.15, 0.2) is 24.5 Å². The molecule has 0 unspecified atom stereocenters. The number of hydrogen-bond donors (Lipinski definition) is 3. The van der Waals surface area contributed by atoms with E-state index in [0.29, 0.717) is 36.9 Å². The van der Waals surface area contributed by atoms with Crippen molar-refractivity contribution in [2.24, 2.45) is 0 Å². The van der Waals surface area contributed by atoms with Gasteiger partial charge in [0.05, 0.1) is 12.2 Å². The second-order valence-electron chi connectivity index (χ2n) is 6.97. The van der Waals surface area contributed by atoms with Crippen molar-refractivity contribution >= 4 is 50.7 Å². The van der Waals surface area contributed by atoms with Crippen molar-refractivity contribution < 1.29 is 14.3 Å². The number of carbonyl (C=O) groups is 2. The second kappa shape index (κ2) is 8.45. The number of rotatable bonds is 7. The number of aromatic nitrogens is 2. The quantitative estimate of drug-likeness (QED) is 0.481. The molecule has 30 heavy (non-hydrogen) atoms.